The molecule has 0 aromatic heterocycles. The molecule has 0 saturated heterocycles. The van der Waals surface area contributed by atoms with Crippen LogP contribution in [0.5, 0.6) is 0 Å². The fourth-order valence-corrected chi connectivity index (χ4v) is 2.32. The highest BCUT2D eigenvalue weighted by Crippen LogP contribution is 2.52. The first kappa shape index (κ1) is 12.8. The number of aliphatic imine (C=N–C) groups is 1. The number of isocyanates is 1. The van der Waals surface area contributed by atoms with E-state index in [2.05, 4.69) is 41.9 Å². The van der Waals surface area contributed by atoms with E-state index in [0.717, 1.165) is 18.5 Å². The first-order valence-electron chi connectivity index (χ1n) is 6.41. The lowest BCUT2D eigenvalue weighted by Gasteiger charge is -2.22. The van der Waals surface area contributed by atoms with Crippen molar-refractivity contribution in [3.8, 4) is 0 Å². The minimum absolute atomic E-state index is 0.299. The fourth-order valence-electron chi connectivity index (χ4n) is 2.32. The van der Waals surface area contributed by atoms with Crippen LogP contribution in [0.25, 0.3) is 0 Å². The summed E-state index contributed by atoms with van der Waals surface area (Å²) in [4.78, 5) is 16.8. The van der Waals surface area contributed by atoms with Crippen LogP contribution in [0.1, 0.15) is 43.7 Å². The largest absolute Gasteiger partial charge is 0.377 e. The predicted octanol–water partition coefficient (Wildman–Crippen LogP) is 3.20. The molecule has 1 fully saturated rings. The zero-order valence-electron chi connectivity index (χ0n) is 11.5. The zero-order valence-corrected chi connectivity index (χ0v) is 11.5. The highest BCUT2D eigenvalue weighted by Gasteiger charge is 2.46. The van der Waals surface area contributed by atoms with Crippen LogP contribution < -0.4 is 4.90 Å². The SMILES string of the molecule is CC(C)c1ccc(N(C)C)c(C2(N=C=O)CC2)c1. The van der Waals surface area contributed by atoms with Gasteiger partial charge in [0.25, 0.3) is 0 Å². The predicted molar refractivity (Wildman–Crippen MR) is 73.9 cm³/mol. The summed E-state index contributed by atoms with van der Waals surface area (Å²) in [7, 11) is 4.04. The second kappa shape index (κ2) is 4.58. The molecule has 18 heavy (non-hydrogen) atoms. The quantitative estimate of drug-likeness (QED) is 0.602. The van der Waals surface area contributed by atoms with Crippen LogP contribution in [-0.2, 0) is 10.3 Å². The molecule has 0 spiro atoms. The van der Waals surface area contributed by atoms with Gasteiger partial charge in [-0.15, -0.1) is 0 Å². The summed E-state index contributed by atoms with van der Waals surface area (Å²) in [6.07, 6.45) is 3.64. The molecule has 1 saturated carbocycles. The minimum atomic E-state index is -0.299. The molecule has 1 aliphatic rings. The number of nitrogens with zero attached hydrogens (tertiary/aromatic N) is 2. The second-order valence-corrected chi connectivity index (χ2v) is 5.56. The lowest BCUT2D eigenvalue weighted by atomic mass is 9.94. The average molecular weight is 244 g/mol. The lowest BCUT2D eigenvalue weighted by molar-refractivity contribution is 0.556. The number of anilines is 1. The Balaban J connectivity index is 2.55. The van der Waals surface area contributed by atoms with E-state index in [0.29, 0.717) is 5.92 Å². The molecule has 0 atom stereocenters. The van der Waals surface area contributed by atoms with Crippen LogP contribution in [0.4, 0.5) is 5.69 Å². The summed E-state index contributed by atoms with van der Waals surface area (Å²) < 4.78 is 0. The van der Waals surface area contributed by atoms with Gasteiger partial charge in [0.05, 0.1) is 0 Å². The molecule has 0 amide bonds. The Morgan fingerprint density at radius 2 is 2.00 bits per heavy atom. The summed E-state index contributed by atoms with van der Waals surface area (Å²) in [5.41, 5.74) is 3.31. The monoisotopic (exact) mass is 244 g/mol. The molecule has 0 aliphatic heterocycles. The van der Waals surface area contributed by atoms with Crippen molar-refractivity contribution >= 4 is 11.8 Å². The molecule has 0 radical (unpaired) electrons. The molecule has 2 rings (SSSR count). The van der Waals surface area contributed by atoms with Crippen LogP contribution in [0.15, 0.2) is 23.2 Å². The maximum Gasteiger partial charge on any atom is 0.235 e. The van der Waals surface area contributed by atoms with E-state index in [-0.39, 0.29) is 5.54 Å². The Bertz CT molecular complexity index is 495. The lowest BCUT2D eigenvalue weighted by Crippen LogP contribution is -2.16. The molecule has 1 aromatic rings. The summed E-state index contributed by atoms with van der Waals surface area (Å²) in [5, 5.41) is 0. The van der Waals surface area contributed by atoms with Crippen molar-refractivity contribution in [3.63, 3.8) is 0 Å². The van der Waals surface area contributed by atoms with E-state index in [1.807, 2.05) is 14.1 Å². The number of rotatable bonds is 4. The van der Waals surface area contributed by atoms with Gasteiger partial charge in [0.2, 0.25) is 6.08 Å². The zero-order chi connectivity index (χ0) is 13.3. The summed E-state index contributed by atoms with van der Waals surface area (Å²) in [6, 6.07) is 6.49. The molecule has 1 aliphatic carbocycles. The third kappa shape index (κ3) is 2.19. The number of hydrogen-bond donors (Lipinski definition) is 0. The van der Waals surface area contributed by atoms with Crippen molar-refractivity contribution in [2.24, 2.45) is 4.99 Å². The Hall–Kier alpha value is -1.60. The Morgan fingerprint density at radius 3 is 2.44 bits per heavy atom. The van der Waals surface area contributed by atoms with Gasteiger partial charge in [0, 0.05) is 25.3 Å². The van der Waals surface area contributed by atoms with Crippen LogP contribution in [0.3, 0.4) is 0 Å². The molecule has 0 unspecified atom stereocenters. The molecule has 3 nitrogen and oxygen atoms in total. The summed E-state index contributed by atoms with van der Waals surface area (Å²) in [5.74, 6) is 0.482. The van der Waals surface area contributed by atoms with Crippen molar-refractivity contribution in [1.82, 2.24) is 0 Å². The van der Waals surface area contributed by atoms with E-state index in [1.54, 1.807) is 6.08 Å². The highest BCUT2D eigenvalue weighted by molar-refractivity contribution is 5.60. The van der Waals surface area contributed by atoms with Crippen molar-refractivity contribution < 1.29 is 4.79 Å². The average Bonchev–Trinajstić information content (AvgIpc) is 3.09. The smallest absolute Gasteiger partial charge is 0.235 e. The first-order valence-corrected chi connectivity index (χ1v) is 6.41. The third-order valence-corrected chi connectivity index (χ3v) is 3.65. The highest BCUT2D eigenvalue weighted by atomic mass is 16.1. The van der Waals surface area contributed by atoms with Gasteiger partial charge in [-0.25, -0.2) is 4.79 Å². The van der Waals surface area contributed by atoms with Crippen molar-refractivity contribution in [3.05, 3.63) is 29.3 Å². The van der Waals surface area contributed by atoms with E-state index >= 15 is 0 Å². The molecule has 0 N–H and O–H groups in total. The van der Waals surface area contributed by atoms with Gasteiger partial charge in [-0.2, -0.15) is 4.99 Å². The summed E-state index contributed by atoms with van der Waals surface area (Å²) in [6.45, 7) is 4.36. The molecular weight excluding hydrogens is 224 g/mol. The van der Waals surface area contributed by atoms with Gasteiger partial charge in [-0.05, 0) is 30.4 Å². The van der Waals surface area contributed by atoms with Gasteiger partial charge < -0.3 is 4.90 Å². The number of hydrogen-bond acceptors (Lipinski definition) is 3. The first-order chi connectivity index (χ1) is 8.50. The van der Waals surface area contributed by atoms with Gasteiger partial charge >= 0.3 is 0 Å². The van der Waals surface area contributed by atoms with E-state index in [1.165, 1.54) is 11.1 Å². The van der Waals surface area contributed by atoms with Crippen LogP contribution in [0.2, 0.25) is 0 Å². The molecule has 0 heterocycles. The Kier molecular flexibility index (Phi) is 3.27. The Labute approximate surface area is 109 Å². The standard InChI is InChI=1S/C15H20N2O/c1-11(2)12-5-6-14(17(3)4)13(9-12)15(7-8-15)16-10-18/h5-6,9,11H,7-8H2,1-4H3. The van der Waals surface area contributed by atoms with Gasteiger partial charge in [-0.1, -0.05) is 26.0 Å². The van der Waals surface area contributed by atoms with Crippen molar-refractivity contribution in [2.45, 2.75) is 38.1 Å². The van der Waals surface area contributed by atoms with E-state index in [4.69, 9.17) is 0 Å². The number of carbonyl (C=O) groups excluding carboxylic acids is 1. The molecule has 1 aromatic carbocycles. The van der Waals surface area contributed by atoms with Gasteiger partial charge in [0.15, 0.2) is 0 Å². The number of benzene rings is 1. The second-order valence-electron chi connectivity index (χ2n) is 5.56. The fraction of sp³-hybridized carbons (Fsp3) is 0.533. The van der Waals surface area contributed by atoms with Crippen LogP contribution >= 0.6 is 0 Å². The van der Waals surface area contributed by atoms with E-state index < -0.39 is 0 Å². The minimum Gasteiger partial charge on any atom is -0.377 e. The van der Waals surface area contributed by atoms with Crippen LogP contribution in [0, 0.1) is 0 Å². The van der Waals surface area contributed by atoms with Crippen LogP contribution in [-0.4, -0.2) is 20.2 Å². The topological polar surface area (TPSA) is 32.7 Å². The molecule has 3 heteroatoms. The normalized spacial score (nSPS) is 16.3. The molecule has 96 valence electrons. The maximum atomic E-state index is 10.6. The van der Waals surface area contributed by atoms with Gasteiger partial charge in [0.1, 0.15) is 5.54 Å². The Morgan fingerprint density at radius 1 is 1.33 bits per heavy atom. The molecular formula is C15H20N2O. The van der Waals surface area contributed by atoms with Crippen molar-refractivity contribution in [2.75, 3.05) is 19.0 Å². The third-order valence-electron chi connectivity index (χ3n) is 3.65. The maximum absolute atomic E-state index is 10.6. The van der Waals surface area contributed by atoms with E-state index in [9.17, 15) is 4.79 Å². The summed E-state index contributed by atoms with van der Waals surface area (Å²) >= 11 is 0. The van der Waals surface area contributed by atoms with Crippen molar-refractivity contribution in [1.29, 1.82) is 0 Å². The molecule has 0 bridgehead atoms. The van der Waals surface area contributed by atoms with Gasteiger partial charge in [-0.3, -0.25) is 0 Å².